The summed E-state index contributed by atoms with van der Waals surface area (Å²) in [6, 6.07) is 2.01. The highest BCUT2D eigenvalue weighted by Crippen LogP contribution is 2.29. The molecule has 0 radical (unpaired) electrons. The van der Waals surface area contributed by atoms with Crippen LogP contribution in [0.2, 0.25) is 0 Å². The summed E-state index contributed by atoms with van der Waals surface area (Å²) in [4.78, 5) is 17.5. The van der Waals surface area contributed by atoms with Crippen LogP contribution >= 0.6 is 22.7 Å². The van der Waals surface area contributed by atoms with Crippen LogP contribution in [-0.2, 0) is 0 Å². The number of aryl methyl sites for hydroxylation is 1. The molecule has 4 nitrogen and oxygen atoms in total. The highest BCUT2D eigenvalue weighted by Gasteiger charge is 2.23. The lowest BCUT2D eigenvalue weighted by Gasteiger charge is -2.26. The molecule has 2 aromatic rings. The van der Waals surface area contributed by atoms with Crippen molar-refractivity contribution in [1.29, 1.82) is 0 Å². The molecule has 1 atom stereocenters. The zero-order valence-corrected chi connectivity index (χ0v) is 15.0. The Morgan fingerprint density at radius 3 is 2.82 bits per heavy atom. The van der Waals surface area contributed by atoms with Crippen LogP contribution in [0.15, 0.2) is 16.8 Å². The number of aliphatic hydroxyl groups is 1. The van der Waals surface area contributed by atoms with Crippen LogP contribution < -0.4 is 5.32 Å². The van der Waals surface area contributed by atoms with E-state index < -0.39 is 0 Å². The molecule has 1 unspecified atom stereocenters. The fourth-order valence-corrected chi connectivity index (χ4v) is 4.08. The summed E-state index contributed by atoms with van der Waals surface area (Å²) in [6.45, 7) is 8.24. The van der Waals surface area contributed by atoms with Crippen molar-refractivity contribution in [2.45, 2.75) is 40.2 Å². The van der Waals surface area contributed by atoms with Gasteiger partial charge in [0.1, 0.15) is 9.88 Å². The molecule has 0 saturated heterocycles. The summed E-state index contributed by atoms with van der Waals surface area (Å²) in [7, 11) is 0. The molecule has 6 heteroatoms. The first-order chi connectivity index (χ1) is 10.3. The average Bonchev–Trinajstić information content (AvgIpc) is 3.03. The zero-order chi connectivity index (χ0) is 16.3. The van der Waals surface area contributed by atoms with Crippen LogP contribution in [-0.4, -0.2) is 28.6 Å². The molecular weight excluding hydrogens is 316 g/mol. The molecule has 1 amide bonds. The molecule has 0 aromatic carbocycles. The summed E-state index contributed by atoms with van der Waals surface area (Å²) in [5.41, 5.74) is 1.68. The standard InChI is InChI=1S/C16H22N2O2S2/c1-10(19)7-16(3,4)9-17-14(20)13-11(2)18-15(22-13)12-5-6-21-8-12/h5-6,8,10,19H,7,9H2,1-4H3,(H,17,20). The number of carbonyl (C=O) groups is 1. The maximum Gasteiger partial charge on any atom is 0.263 e. The van der Waals surface area contributed by atoms with Crippen LogP contribution in [0, 0.1) is 12.3 Å². The Kier molecular flexibility index (Phi) is 5.36. The van der Waals surface area contributed by atoms with E-state index in [1.54, 1.807) is 18.3 Å². The first-order valence-electron chi connectivity index (χ1n) is 7.25. The fourth-order valence-electron chi connectivity index (χ4n) is 2.39. The number of thiophene rings is 1. The number of rotatable bonds is 6. The van der Waals surface area contributed by atoms with Gasteiger partial charge >= 0.3 is 0 Å². The summed E-state index contributed by atoms with van der Waals surface area (Å²) in [5, 5.41) is 17.4. The molecule has 2 N–H and O–H groups in total. The minimum atomic E-state index is -0.373. The Morgan fingerprint density at radius 1 is 1.50 bits per heavy atom. The van der Waals surface area contributed by atoms with Crippen LogP contribution in [0.3, 0.4) is 0 Å². The van der Waals surface area contributed by atoms with Gasteiger partial charge in [0.2, 0.25) is 0 Å². The van der Waals surface area contributed by atoms with E-state index in [2.05, 4.69) is 10.3 Å². The Labute approximate surface area is 139 Å². The summed E-state index contributed by atoms with van der Waals surface area (Å²) < 4.78 is 0. The molecule has 2 rings (SSSR count). The quantitative estimate of drug-likeness (QED) is 0.844. The van der Waals surface area contributed by atoms with Crippen molar-refractivity contribution in [3.8, 4) is 10.6 Å². The molecule has 0 spiro atoms. The van der Waals surface area contributed by atoms with Crippen molar-refractivity contribution in [2.24, 2.45) is 5.41 Å². The largest absolute Gasteiger partial charge is 0.393 e. The third kappa shape index (κ3) is 4.38. The van der Waals surface area contributed by atoms with E-state index >= 15 is 0 Å². The molecule has 0 bridgehead atoms. The Bertz CT molecular complexity index is 631. The lowest BCUT2D eigenvalue weighted by atomic mass is 9.87. The molecule has 0 fully saturated rings. The number of hydrogen-bond acceptors (Lipinski definition) is 5. The van der Waals surface area contributed by atoms with Gasteiger partial charge in [-0.2, -0.15) is 11.3 Å². The van der Waals surface area contributed by atoms with Gasteiger partial charge in [0.15, 0.2) is 0 Å². The van der Waals surface area contributed by atoms with Crippen LogP contribution in [0.4, 0.5) is 0 Å². The van der Waals surface area contributed by atoms with Crippen molar-refractivity contribution in [3.63, 3.8) is 0 Å². The fraction of sp³-hybridized carbons (Fsp3) is 0.500. The Morgan fingerprint density at radius 2 is 2.23 bits per heavy atom. The van der Waals surface area contributed by atoms with Gasteiger partial charge in [0.25, 0.3) is 5.91 Å². The van der Waals surface area contributed by atoms with Gasteiger partial charge in [-0.15, -0.1) is 11.3 Å². The smallest absolute Gasteiger partial charge is 0.263 e. The lowest BCUT2D eigenvalue weighted by molar-refractivity contribution is 0.0905. The number of nitrogens with one attached hydrogen (secondary N) is 1. The number of aliphatic hydroxyl groups excluding tert-OH is 1. The Balaban J connectivity index is 2.04. The van der Waals surface area contributed by atoms with Gasteiger partial charge in [-0.05, 0) is 37.1 Å². The van der Waals surface area contributed by atoms with E-state index in [4.69, 9.17) is 0 Å². The summed E-state index contributed by atoms with van der Waals surface area (Å²) in [5.74, 6) is -0.0878. The van der Waals surface area contributed by atoms with Crippen LogP contribution in [0.5, 0.6) is 0 Å². The molecular formula is C16H22N2O2S2. The van der Waals surface area contributed by atoms with E-state index in [9.17, 15) is 9.90 Å². The van der Waals surface area contributed by atoms with Crippen molar-refractivity contribution in [2.75, 3.05) is 6.54 Å². The normalized spacial score (nSPS) is 13.1. The summed E-state index contributed by atoms with van der Waals surface area (Å²) in [6.07, 6.45) is 0.275. The first-order valence-corrected chi connectivity index (χ1v) is 9.01. The van der Waals surface area contributed by atoms with E-state index in [-0.39, 0.29) is 17.4 Å². The predicted molar refractivity (Wildman–Crippen MR) is 92.6 cm³/mol. The number of nitrogens with zero attached hydrogens (tertiary/aromatic N) is 1. The van der Waals surface area contributed by atoms with Crippen molar-refractivity contribution < 1.29 is 9.90 Å². The minimum absolute atomic E-state index is 0.0878. The van der Waals surface area contributed by atoms with Gasteiger partial charge < -0.3 is 10.4 Å². The number of carbonyl (C=O) groups excluding carboxylic acids is 1. The second-order valence-electron chi connectivity index (χ2n) is 6.35. The van der Waals surface area contributed by atoms with E-state index in [0.29, 0.717) is 17.8 Å². The molecule has 22 heavy (non-hydrogen) atoms. The third-order valence-electron chi connectivity index (χ3n) is 3.35. The van der Waals surface area contributed by atoms with Crippen molar-refractivity contribution in [3.05, 3.63) is 27.4 Å². The molecule has 2 aromatic heterocycles. The molecule has 0 aliphatic rings. The molecule has 2 heterocycles. The second-order valence-corrected chi connectivity index (χ2v) is 8.12. The maximum atomic E-state index is 12.4. The number of aromatic nitrogens is 1. The molecule has 120 valence electrons. The number of hydrogen-bond donors (Lipinski definition) is 2. The summed E-state index contributed by atoms with van der Waals surface area (Å²) >= 11 is 3.04. The topological polar surface area (TPSA) is 62.2 Å². The van der Waals surface area contributed by atoms with Crippen molar-refractivity contribution >= 4 is 28.6 Å². The van der Waals surface area contributed by atoms with Crippen molar-refractivity contribution in [1.82, 2.24) is 10.3 Å². The molecule has 0 aliphatic heterocycles. The average molecular weight is 338 g/mol. The second kappa shape index (κ2) is 6.89. The minimum Gasteiger partial charge on any atom is -0.393 e. The van der Waals surface area contributed by atoms with Gasteiger partial charge in [-0.3, -0.25) is 4.79 Å². The lowest BCUT2D eigenvalue weighted by Crippen LogP contribution is -2.35. The third-order valence-corrected chi connectivity index (χ3v) is 5.23. The number of thiazole rings is 1. The van der Waals surface area contributed by atoms with Gasteiger partial charge in [0.05, 0.1) is 11.8 Å². The Hall–Kier alpha value is -1.24. The highest BCUT2D eigenvalue weighted by atomic mass is 32.1. The highest BCUT2D eigenvalue weighted by molar-refractivity contribution is 7.17. The van der Waals surface area contributed by atoms with E-state index in [1.807, 2.05) is 37.6 Å². The van der Waals surface area contributed by atoms with E-state index in [1.165, 1.54) is 11.3 Å². The first kappa shape index (κ1) is 17.1. The number of amides is 1. The van der Waals surface area contributed by atoms with Gasteiger partial charge in [-0.1, -0.05) is 13.8 Å². The van der Waals surface area contributed by atoms with E-state index in [0.717, 1.165) is 16.3 Å². The van der Waals surface area contributed by atoms with Crippen LogP contribution in [0.25, 0.3) is 10.6 Å². The van der Waals surface area contributed by atoms with Gasteiger partial charge in [0, 0.05) is 17.5 Å². The zero-order valence-electron chi connectivity index (χ0n) is 13.3. The van der Waals surface area contributed by atoms with Gasteiger partial charge in [-0.25, -0.2) is 4.98 Å². The maximum absolute atomic E-state index is 12.4. The van der Waals surface area contributed by atoms with Crippen LogP contribution in [0.1, 0.15) is 42.6 Å². The molecule has 0 aliphatic carbocycles. The predicted octanol–water partition coefficient (Wildman–Crippen LogP) is 3.71. The molecule has 0 saturated carbocycles. The monoisotopic (exact) mass is 338 g/mol. The SMILES string of the molecule is Cc1nc(-c2ccsc2)sc1C(=O)NCC(C)(C)CC(C)O.